The highest BCUT2D eigenvalue weighted by Crippen LogP contribution is 2.22. The van der Waals surface area contributed by atoms with Gasteiger partial charge in [-0.2, -0.15) is 0 Å². The summed E-state index contributed by atoms with van der Waals surface area (Å²) in [5.74, 6) is -0.532. The molecule has 0 aliphatic carbocycles. The molecule has 1 amide bonds. The molecule has 0 saturated heterocycles. The van der Waals surface area contributed by atoms with E-state index in [1.165, 1.54) is 12.3 Å². The predicted octanol–water partition coefficient (Wildman–Crippen LogP) is 2.64. The molecule has 1 aromatic carbocycles. The van der Waals surface area contributed by atoms with E-state index in [1.54, 1.807) is 30.5 Å². The van der Waals surface area contributed by atoms with Crippen molar-refractivity contribution in [2.45, 2.75) is 6.92 Å². The van der Waals surface area contributed by atoms with Crippen LogP contribution in [0.3, 0.4) is 0 Å². The lowest BCUT2D eigenvalue weighted by Gasteiger charge is -2.05. The van der Waals surface area contributed by atoms with Crippen molar-refractivity contribution in [1.82, 2.24) is 10.3 Å². The number of hydrogen-bond donors (Lipinski definition) is 1. The Balaban J connectivity index is 2.39. The highest BCUT2D eigenvalue weighted by atomic mass is 19.1. The van der Waals surface area contributed by atoms with Gasteiger partial charge in [-0.3, -0.25) is 9.78 Å². The fourth-order valence-corrected chi connectivity index (χ4v) is 1.67. The molecule has 0 saturated carbocycles. The Hall–Kier alpha value is -2.23. The number of carbonyl (C=O) groups excluding carboxylic acids is 1. The van der Waals surface area contributed by atoms with Gasteiger partial charge in [0.25, 0.3) is 5.91 Å². The second-order valence-corrected chi connectivity index (χ2v) is 3.80. The molecule has 0 radical (unpaired) electrons. The minimum absolute atomic E-state index is 0.205. The summed E-state index contributed by atoms with van der Waals surface area (Å²) >= 11 is 0. The molecule has 2 rings (SSSR count). The van der Waals surface area contributed by atoms with Crippen LogP contribution < -0.4 is 5.32 Å². The second-order valence-electron chi connectivity index (χ2n) is 3.80. The van der Waals surface area contributed by atoms with Gasteiger partial charge in [-0.25, -0.2) is 4.39 Å². The fraction of sp³-hybridized carbons (Fsp3) is 0.143. The molecule has 3 nitrogen and oxygen atoms in total. The first-order valence-corrected chi connectivity index (χ1v) is 5.70. The molecule has 1 heterocycles. The smallest absolute Gasteiger partial charge is 0.252 e. The first kappa shape index (κ1) is 12.2. The van der Waals surface area contributed by atoms with Crippen LogP contribution in [0.15, 0.2) is 42.7 Å². The van der Waals surface area contributed by atoms with Crippen molar-refractivity contribution in [2.75, 3.05) is 6.54 Å². The van der Waals surface area contributed by atoms with Gasteiger partial charge in [-0.15, -0.1) is 0 Å². The zero-order chi connectivity index (χ0) is 13.0. The first-order chi connectivity index (χ1) is 8.72. The zero-order valence-electron chi connectivity index (χ0n) is 9.98. The lowest BCUT2D eigenvalue weighted by molar-refractivity contribution is 0.0955. The van der Waals surface area contributed by atoms with Crippen molar-refractivity contribution in [3.05, 3.63) is 54.1 Å². The van der Waals surface area contributed by atoms with E-state index in [9.17, 15) is 9.18 Å². The van der Waals surface area contributed by atoms with Crippen molar-refractivity contribution in [2.24, 2.45) is 0 Å². The Morgan fingerprint density at radius 3 is 2.83 bits per heavy atom. The van der Waals surface area contributed by atoms with E-state index < -0.39 is 0 Å². The van der Waals surface area contributed by atoms with Crippen molar-refractivity contribution in [3.63, 3.8) is 0 Å². The molecule has 0 bridgehead atoms. The highest BCUT2D eigenvalue weighted by molar-refractivity contribution is 5.95. The Bertz CT molecular complexity index is 569. The van der Waals surface area contributed by atoms with Crippen LogP contribution in [-0.2, 0) is 0 Å². The van der Waals surface area contributed by atoms with Gasteiger partial charge in [0.05, 0.1) is 5.56 Å². The van der Waals surface area contributed by atoms with E-state index >= 15 is 0 Å². The summed E-state index contributed by atoms with van der Waals surface area (Å²) in [5, 5.41) is 2.68. The number of hydrogen-bond acceptors (Lipinski definition) is 2. The minimum atomic E-state index is -0.327. The zero-order valence-corrected chi connectivity index (χ0v) is 9.98. The normalized spacial score (nSPS) is 10.1. The number of benzene rings is 1. The third kappa shape index (κ3) is 2.53. The molecule has 0 spiro atoms. The molecule has 0 aliphatic heterocycles. The second kappa shape index (κ2) is 5.40. The van der Waals surface area contributed by atoms with Crippen molar-refractivity contribution in [1.29, 1.82) is 0 Å². The number of halogens is 1. The van der Waals surface area contributed by atoms with Crippen LogP contribution >= 0.6 is 0 Å². The highest BCUT2D eigenvalue weighted by Gasteiger charge is 2.09. The van der Waals surface area contributed by atoms with Gasteiger partial charge >= 0.3 is 0 Å². The molecule has 1 N–H and O–H groups in total. The SMILES string of the molecule is CCNC(=O)c1cncc(-c2ccccc2F)c1. The van der Waals surface area contributed by atoms with Crippen LogP contribution in [0.25, 0.3) is 11.1 Å². The van der Waals surface area contributed by atoms with Crippen molar-refractivity contribution in [3.8, 4) is 11.1 Å². The summed E-state index contributed by atoms with van der Waals surface area (Å²) in [6.07, 6.45) is 3.01. The summed E-state index contributed by atoms with van der Waals surface area (Å²) in [6.45, 7) is 2.38. The fourth-order valence-electron chi connectivity index (χ4n) is 1.67. The largest absolute Gasteiger partial charge is 0.352 e. The molecular weight excluding hydrogens is 231 g/mol. The molecule has 2 aromatic rings. The molecule has 0 fully saturated rings. The van der Waals surface area contributed by atoms with Gasteiger partial charge in [0.2, 0.25) is 0 Å². The van der Waals surface area contributed by atoms with Crippen LogP contribution in [0.1, 0.15) is 17.3 Å². The van der Waals surface area contributed by atoms with Gasteiger partial charge in [-0.05, 0) is 19.1 Å². The van der Waals surface area contributed by atoms with E-state index in [4.69, 9.17) is 0 Å². The minimum Gasteiger partial charge on any atom is -0.352 e. The van der Waals surface area contributed by atoms with E-state index in [2.05, 4.69) is 10.3 Å². The van der Waals surface area contributed by atoms with Gasteiger partial charge in [0, 0.05) is 30.1 Å². The third-order valence-corrected chi connectivity index (χ3v) is 2.52. The van der Waals surface area contributed by atoms with Gasteiger partial charge in [0.1, 0.15) is 5.82 Å². The van der Waals surface area contributed by atoms with Gasteiger partial charge in [0.15, 0.2) is 0 Å². The molecule has 4 heteroatoms. The maximum Gasteiger partial charge on any atom is 0.252 e. The third-order valence-electron chi connectivity index (χ3n) is 2.52. The Morgan fingerprint density at radius 1 is 1.33 bits per heavy atom. The first-order valence-electron chi connectivity index (χ1n) is 5.70. The Morgan fingerprint density at radius 2 is 2.11 bits per heavy atom. The molecule has 92 valence electrons. The maximum absolute atomic E-state index is 13.6. The number of rotatable bonds is 3. The quantitative estimate of drug-likeness (QED) is 0.901. The van der Waals surface area contributed by atoms with Crippen molar-refractivity contribution >= 4 is 5.91 Å². The number of aromatic nitrogens is 1. The van der Waals surface area contributed by atoms with Gasteiger partial charge < -0.3 is 5.32 Å². The summed E-state index contributed by atoms with van der Waals surface area (Å²) in [5.41, 5.74) is 1.46. The molecule has 0 atom stereocenters. The van der Waals surface area contributed by atoms with E-state index in [1.807, 2.05) is 6.92 Å². The lowest BCUT2D eigenvalue weighted by Crippen LogP contribution is -2.22. The summed E-state index contributed by atoms with van der Waals surface area (Å²) in [6, 6.07) is 8.05. The molecule has 0 unspecified atom stereocenters. The number of carbonyl (C=O) groups is 1. The number of nitrogens with zero attached hydrogens (tertiary/aromatic N) is 1. The van der Waals surface area contributed by atoms with Crippen LogP contribution in [0.2, 0.25) is 0 Å². The summed E-state index contributed by atoms with van der Waals surface area (Å²) < 4.78 is 13.6. The van der Waals surface area contributed by atoms with Crippen molar-refractivity contribution < 1.29 is 9.18 Å². The number of amides is 1. The van der Waals surface area contributed by atoms with Crippen LogP contribution in [0.4, 0.5) is 4.39 Å². The van der Waals surface area contributed by atoms with Gasteiger partial charge in [-0.1, -0.05) is 18.2 Å². The predicted molar refractivity (Wildman–Crippen MR) is 67.6 cm³/mol. The van der Waals surface area contributed by atoms with Crippen LogP contribution in [0.5, 0.6) is 0 Å². The van der Waals surface area contributed by atoms with E-state index in [0.29, 0.717) is 23.2 Å². The Labute approximate surface area is 105 Å². The summed E-state index contributed by atoms with van der Waals surface area (Å²) in [7, 11) is 0. The average Bonchev–Trinajstić information content (AvgIpc) is 2.40. The average molecular weight is 244 g/mol. The van der Waals surface area contributed by atoms with E-state index in [0.717, 1.165) is 0 Å². The lowest BCUT2D eigenvalue weighted by atomic mass is 10.1. The summed E-state index contributed by atoms with van der Waals surface area (Å²) in [4.78, 5) is 15.6. The van der Waals surface area contributed by atoms with E-state index in [-0.39, 0.29) is 11.7 Å². The molecule has 1 aromatic heterocycles. The molecule has 0 aliphatic rings. The Kier molecular flexibility index (Phi) is 3.67. The number of pyridine rings is 1. The standard InChI is InChI=1S/C14H13FN2O/c1-2-17-14(18)11-7-10(8-16-9-11)12-5-3-4-6-13(12)15/h3-9H,2H2,1H3,(H,17,18). The molecule has 18 heavy (non-hydrogen) atoms. The van der Waals surface area contributed by atoms with Crippen LogP contribution in [0, 0.1) is 5.82 Å². The maximum atomic E-state index is 13.6. The topological polar surface area (TPSA) is 42.0 Å². The van der Waals surface area contributed by atoms with Crippen LogP contribution in [-0.4, -0.2) is 17.4 Å². The molecular formula is C14H13FN2O. The monoisotopic (exact) mass is 244 g/mol. The number of nitrogens with one attached hydrogen (secondary N) is 1.